The van der Waals surface area contributed by atoms with Crippen LogP contribution in [0.15, 0.2) is 66.7 Å². The monoisotopic (exact) mass is 353 g/mol. The number of hydrogen-bond donors (Lipinski definition) is 1. The number of fused-ring (bicyclic) bond motifs is 5. The fourth-order valence-electron chi connectivity index (χ4n) is 3.71. The van der Waals surface area contributed by atoms with E-state index in [0.717, 1.165) is 44.0 Å². The molecule has 0 unspecified atom stereocenters. The Morgan fingerprint density at radius 3 is 2.52 bits per heavy atom. The molecule has 5 heteroatoms. The molecule has 5 nitrogen and oxygen atoms in total. The van der Waals surface area contributed by atoms with E-state index in [9.17, 15) is 10.1 Å². The van der Waals surface area contributed by atoms with Gasteiger partial charge in [-0.1, -0.05) is 48.5 Å². The maximum atomic E-state index is 11.4. The molecule has 0 aliphatic heterocycles. The molecule has 1 N–H and O–H groups in total. The van der Waals surface area contributed by atoms with Crippen LogP contribution in [0, 0.1) is 17.0 Å². The number of aryl methyl sites for hydroxylation is 1. The minimum Gasteiger partial charge on any atom is -0.354 e. The van der Waals surface area contributed by atoms with E-state index in [-0.39, 0.29) is 10.6 Å². The minimum absolute atomic E-state index is 0.107. The zero-order chi connectivity index (χ0) is 18.5. The lowest BCUT2D eigenvalue weighted by Gasteiger charge is -2.08. The predicted molar refractivity (Wildman–Crippen MR) is 108 cm³/mol. The number of para-hydroxylation sites is 2. The molecule has 0 aliphatic carbocycles. The molecule has 5 aromatic rings. The maximum Gasteiger partial charge on any atom is 0.272 e. The topological polar surface area (TPSA) is 71.8 Å². The Morgan fingerprint density at radius 2 is 1.70 bits per heavy atom. The summed E-state index contributed by atoms with van der Waals surface area (Å²) in [6.07, 6.45) is 0. The Morgan fingerprint density at radius 1 is 0.963 bits per heavy atom. The summed E-state index contributed by atoms with van der Waals surface area (Å²) in [5.74, 6) is 0. The van der Waals surface area contributed by atoms with E-state index < -0.39 is 0 Å². The number of rotatable bonds is 2. The molecule has 0 amide bonds. The van der Waals surface area contributed by atoms with Gasteiger partial charge in [-0.05, 0) is 19.1 Å². The first-order valence-corrected chi connectivity index (χ1v) is 8.68. The van der Waals surface area contributed by atoms with E-state index in [2.05, 4.69) is 11.1 Å². The molecule has 2 heterocycles. The molecule has 0 bridgehead atoms. The van der Waals surface area contributed by atoms with Gasteiger partial charge in [0.1, 0.15) is 0 Å². The van der Waals surface area contributed by atoms with Crippen LogP contribution in [0.25, 0.3) is 44.0 Å². The summed E-state index contributed by atoms with van der Waals surface area (Å²) in [5.41, 5.74) is 5.12. The Labute approximate surface area is 154 Å². The van der Waals surface area contributed by atoms with Crippen molar-refractivity contribution in [3.8, 4) is 11.3 Å². The van der Waals surface area contributed by atoms with Crippen molar-refractivity contribution in [2.24, 2.45) is 0 Å². The highest BCUT2D eigenvalue weighted by molar-refractivity contribution is 6.20. The molecule has 0 saturated carbocycles. The number of nitro groups is 1. The summed E-state index contributed by atoms with van der Waals surface area (Å²) in [6.45, 7) is 1.75. The van der Waals surface area contributed by atoms with Crippen LogP contribution in [0.3, 0.4) is 0 Å². The second-order valence-electron chi connectivity index (χ2n) is 6.66. The van der Waals surface area contributed by atoms with E-state index in [1.54, 1.807) is 19.1 Å². The fraction of sp³-hybridized carbons (Fsp3) is 0.0455. The predicted octanol–water partition coefficient (Wildman–Crippen LogP) is 5.75. The summed E-state index contributed by atoms with van der Waals surface area (Å²) in [6, 6.07) is 21.3. The van der Waals surface area contributed by atoms with Crippen LogP contribution in [0.5, 0.6) is 0 Å². The molecule has 0 spiro atoms. The van der Waals surface area contributed by atoms with E-state index in [1.165, 1.54) is 0 Å². The van der Waals surface area contributed by atoms with E-state index >= 15 is 0 Å². The van der Waals surface area contributed by atoms with Gasteiger partial charge in [0.05, 0.1) is 21.7 Å². The van der Waals surface area contributed by atoms with Gasteiger partial charge in [-0.3, -0.25) is 10.1 Å². The fourth-order valence-corrected chi connectivity index (χ4v) is 3.71. The van der Waals surface area contributed by atoms with Crippen LogP contribution in [0.1, 0.15) is 5.56 Å². The molecule has 0 fully saturated rings. The number of nitrogens with zero attached hydrogens (tertiary/aromatic N) is 2. The van der Waals surface area contributed by atoms with Gasteiger partial charge in [0, 0.05) is 38.9 Å². The van der Waals surface area contributed by atoms with Crippen molar-refractivity contribution in [2.75, 3.05) is 0 Å². The lowest BCUT2D eigenvalue weighted by Crippen LogP contribution is -1.94. The van der Waals surface area contributed by atoms with Gasteiger partial charge < -0.3 is 4.98 Å². The maximum absolute atomic E-state index is 11.4. The number of aromatic nitrogens is 2. The number of nitro benzene ring substituents is 1. The number of pyridine rings is 1. The first-order valence-electron chi connectivity index (χ1n) is 8.68. The number of benzene rings is 3. The van der Waals surface area contributed by atoms with Gasteiger partial charge in [-0.25, -0.2) is 4.98 Å². The van der Waals surface area contributed by atoms with Crippen molar-refractivity contribution in [2.45, 2.75) is 6.92 Å². The molecule has 3 aromatic carbocycles. The van der Waals surface area contributed by atoms with Gasteiger partial charge in [-0.15, -0.1) is 0 Å². The van der Waals surface area contributed by atoms with E-state index in [1.807, 2.05) is 48.5 Å². The molecule has 27 heavy (non-hydrogen) atoms. The zero-order valence-corrected chi connectivity index (χ0v) is 14.6. The number of nitrogens with one attached hydrogen (secondary N) is 1. The average molecular weight is 353 g/mol. The zero-order valence-electron chi connectivity index (χ0n) is 14.6. The molecular weight excluding hydrogens is 338 g/mol. The third kappa shape index (κ3) is 2.29. The van der Waals surface area contributed by atoms with Gasteiger partial charge in [-0.2, -0.15) is 0 Å². The largest absolute Gasteiger partial charge is 0.354 e. The lowest BCUT2D eigenvalue weighted by atomic mass is 10.0. The quantitative estimate of drug-likeness (QED) is 0.324. The smallest absolute Gasteiger partial charge is 0.272 e. The Balaban J connectivity index is 1.96. The molecule has 5 rings (SSSR count). The molecule has 0 saturated heterocycles. The molecule has 0 radical (unpaired) electrons. The van der Waals surface area contributed by atoms with Crippen LogP contribution >= 0.6 is 0 Å². The van der Waals surface area contributed by atoms with Crippen molar-refractivity contribution >= 4 is 38.4 Å². The number of hydrogen-bond acceptors (Lipinski definition) is 3. The Kier molecular flexibility index (Phi) is 3.24. The Hall–Kier alpha value is -3.73. The summed E-state index contributed by atoms with van der Waals surface area (Å²) in [7, 11) is 0. The van der Waals surface area contributed by atoms with Crippen LogP contribution in [0.4, 0.5) is 5.69 Å². The summed E-state index contributed by atoms with van der Waals surface area (Å²) in [5, 5.41) is 14.5. The standard InChI is InChI=1S/C22H15N3O2/c1-13-10-11-14(12-19(13)25(26)27)21-20-15-6-2-4-8-17(15)24-22(20)16-7-3-5-9-18(16)23-21/h2-12,24H,1H3. The average Bonchev–Trinajstić information content (AvgIpc) is 3.07. The third-order valence-corrected chi connectivity index (χ3v) is 5.03. The number of H-pyrrole nitrogens is 1. The van der Waals surface area contributed by atoms with Crippen molar-refractivity contribution < 1.29 is 4.92 Å². The molecular formula is C22H15N3O2. The normalized spacial score (nSPS) is 11.4. The highest BCUT2D eigenvalue weighted by atomic mass is 16.6. The van der Waals surface area contributed by atoms with Crippen molar-refractivity contribution in [3.05, 3.63) is 82.4 Å². The molecule has 0 atom stereocenters. The second kappa shape index (κ2) is 5.64. The number of aromatic amines is 1. The third-order valence-electron chi connectivity index (χ3n) is 5.03. The first kappa shape index (κ1) is 15.5. The second-order valence-corrected chi connectivity index (χ2v) is 6.66. The van der Waals surface area contributed by atoms with Gasteiger partial charge in [0.25, 0.3) is 5.69 Å². The van der Waals surface area contributed by atoms with Crippen LogP contribution in [-0.2, 0) is 0 Å². The lowest BCUT2D eigenvalue weighted by molar-refractivity contribution is -0.385. The Bertz CT molecular complexity index is 1370. The summed E-state index contributed by atoms with van der Waals surface area (Å²) < 4.78 is 0. The highest BCUT2D eigenvalue weighted by Gasteiger charge is 2.18. The summed E-state index contributed by atoms with van der Waals surface area (Å²) in [4.78, 5) is 19.5. The van der Waals surface area contributed by atoms with E-state index in [0.29, 0.717) is 5.56 Å². The van der Waals surface area contributed by atoms with Gasteiger partial charge >= 0.3 is 0 Å². The molecule has 0 aliphatic rings. The molecule has 2 aromatic heterocycles. The van der Waals surface area contributed by atoms with Crippen molar-refractivity contribution in [3.63, 3.8) is 0 Å². The van der Waals surface area contributed by atoms with Crippen LogP contribution in [0.2, 0.25) is 0 Å². The minimum atomic E-state index is -0.341. The van der Waals surface area contributed by atoms with Crippen LogP contribution in [-0.4, -0.2) is 14.9 Å². The molecule has 130 valence electrons. The van der Waals surface area contributed by atoms with Crippen molar-refractivity contribution in [1.29, 1.82) is 0 Å². The van der Waals surface area contributed by atoms with Gasteiger partial charge in [0.15, 0.2) is 0 Å². The SMILES string of the molecule is Cc1ccc(-c2nc3ccccc3c3[nH]c4ccccc4c23)cc1[N+](=O)[O-]. The van der Waals surface area contributed by atoms with Crippen molar-refractivity contribution in [1.82, 2.24) is 9.97 Å². The summed E-state index contributed by atoms with van der Waals surface area (Å²) >= 11 is 0. The first-order chi connectivity index (χ1) is 13.1. The van der Waals surface area contributed by atoms with Gasteiger partial charge in [0.2, 0.25) is 0 Å². The van der Waals surface area contributed by atoms with E-state index in [4.69, 9.17) is 4.98 Å². The van der Waals surface area contributed by atoms with Crippen LogP contribution < -0.4 is 0 Å². The highest BCUT2D eigenvalue weighted by Crippen LogP contribution is 2.38.